The van der Waals surface area contributed by atoms with Crippen molar-refractivity contribution in [2.45, 2.75) is 63.2 Å². The zero-order chi connectivity index (χ0) is 21.5. The third kappa shape index (κ3) is 3.80. The van der Waals surface area contributed by atoms with E-state index in [0.717, 1.165) is 38.0 Å². The molecule has 2 heterocycles. The van der Waals surface area contributed by atoms with Crippen molar-refractivity contribution < 1.29 is 4.55 Å². The van der Waals surface area contributed by atoms with Crippen LogP contribution in [-0.4, -0.2) is 38.4 Å². The molecule has 4 rings (SSSR count). The molecule has 0 saturated carbocycles. The first kappa shape index (κ1) is 21.1. The number of aryl methyl sites for hydroxylation is 1. The summed E-state index contributed by atoms with van der Waals surface area (Å²) in [5, 5.41) is 9.25. The number of rotatable bonds is 3. The first-order valence-corrected chi connectivity index (χ1v) is 11.6. The largest absolute Gasteiger partial charge is 0.598 e. The molecule has 0 bridgehead atoms. The molecule has 7 heteroatoms. The van der Waals surface area contributed by atoms with Gasteiger partial charge in [-0.15, -0.1) is 4.72 Å². The molecule has 2 aromatic rings. The summed E-state index contributed by atoms with van der Waals surface area (Å²) in [6, 6.07) is 12.6. The van der Waals surface area contributed by atoms with Crippen LogP contribution in [0.1, 0.15) is 56.1 Å². The van der Waals surface area contributed by atoms with Gasteiger partial charge in [0.25, 0.3) is 0 Å². The third-order valence-electron chi connectivity index (χ3n) is 6.35. The van der Waals surface area contributed by atoms with Crippen LogP contribution in [0.5, 0.6) is 0 Å². The zero-order valence-electron chi connectivity index (χ0n) is 18.1. The first-order chi connectivity index (χ1) is 14.2. The molecule has 1 aromatic carbocycles. The lowest BCUT2D eigenvalue weighted by Gasteiger charge is -2.44. The minimum atomic E-state index is -1.12. The quantitative estimate of drug-likeness (QED) is 0.763. The van der Waals surface area contributed by atoms with Crippen molar-refractivity contribution in [3.63, 3.8) is 0 Å². The van der Waals surface area contributed by atoms with E-state index in [0.29, 0.717) is 11.6 Å². The molecule has 1 aromatic heterocycles. The fraction of sp³-hybridized carbons (Fsp3) is 0.522. The van der Waals surface area contributed by atoms with Gasteiger partial charge in [0.05, 0.1) is 6.04 Å². The third-order valence-corrected chi connectivity index (χ3v) is 7.96. The molecule has 1 saturated heterocycles. The van der Waals surface area contributed by atoms with Gasteiger partial charge in [0, 0.05) is 35.6 Å². The average Bonchev–Trinajstić information content (AvgIpc) is 3.00. The van der Waals surface area contributed by atoms with E-state index in [1.165, 1.54) is 11.1 Å². The van der Waals surface area contributed by atoms with Crippen molar-refractivity contribution in [2.75, 3.05) is 18.0 Å². The molecule has 1 N–H and O–H groups in total. The van der Waals surface area contributed by atoms with Crippen LogP contribution in [0.15, 0.2) is 30.3 Å². The Morgan fingerprint density at radius 1 is 1.23 bits per heavy atom. The molecular formula is C23H29N5OS. The summed E-state index contributed by atoms with van der Waals surface area (Å²) in [5.41, 5.74) is 3.91. The summed E-state index contributed by atoms with van der Waals surface area (Å²) >= 11 is -1.12. The van der Waals surface area contributed by atoms with Crippen molar-refractivity contribution in [3.8, 4) is 6.07 Å². The average molecular weight is 424 g/mol. The van der Waals surface area contributed by atoms with E-state index >= 15 is 0 Å². The van der Waals surface area contributed by atoms with Crippen LogP contribution < -0.4 is 9.62 Å². The molecule has 0 amide bonds. The van der Waals surface area contributed by atoms with E-state index in [2.05, 4.69) is 49.9 Å². The van der Waals surface area contributed by atoms with Gasteiger partial charge >= 0.3 is 0 Å². The van der Waals surface area contributed by atoms with Gasteiger partial charge in [-0.2, -0.15) is 5.26 Å². The highest BCUT2D eigenvalue weighted by atomic mass is 32.2. The molecule has 2 aliphatic rings. The molecule has 30 heavy (non-hydrogen) atoms. The number of hydrogen-bond acceptors (Lipinski definition) is 6. The van der Waals surface area contributed by atoms with Gasteiger partial charge in [-0.3, -0.25) is 0 Å². The molecule has 0 radical (unpaired) electrons. The van der Waals surface area contributed by atoms with Crippen LogP contribution in [-0.2, 0) is 23.2 Å². The molecule has 6 nitrogen and oxygen atoms in total. The number of nitrogens with one attached hydrogen (secondary N) is 1. The van der Waals surface area contributed by atoms with E-state index in [-0.39, 0.29) is 16.2 Å². The van der Waals surface area contributed by atoms with Gasteiger partial charge in [0.15, 0.2) is 0 Å². The van der Waals surface area contributed by atoms with E-state index in [4.69, 9.17) is 0 Å². The molecule has 2 atom stereocenters. The number of nitrogens with zero attached hydrogens (tertiary/aromatic N) is 4. The van der Waals surface area contributed by atoms with E-state index in [1.807, 2.05) is 27.7 Å². The van der Waals surface area contributed by atoms with Gasteiger partial charge in [0.1, 0.15) is 16.5 Å². The molecule has 158 valence electrons. The van der Waals surface area contributed by atoms with Crippen molar-refractivity contribution in [1.82, 2.24) is 14.7 Å². The van der Waals surface area contributed by atoms with Crippen molar-refractivity contribution >= 4 is 17.3 Å². The fourth-order valence-electron chi connectivity index (χ4n) is 4.72. The van der Waals surface area contributed by atoms with Gasteiger partial charge in [0.2, 0.25) is 5.95 Å². The van der Waals surface area contributed by atoms with E-state index < -0.39 is 11.4 Å². The number of benzene rings is 1. The number of nitriles is 1. The van der Waals surface area contributed by atoms with Gasteiger partial charge < -0.3 is 9.45 Å². The summed E-state index contributed by atoms with van der Waals surface area (Å²) in [6.07, 6.45) is 2.77. The van der Waals surface area contributed by atoms with E-state index in [9.17, 15) is 9.81 Å². The van der Waals surface area contributed by atoms with Crippen molar-refractivity contribution in [1.29, 1.82) is 5.26 Å². The number of aromatic nitrogens is 2. The molecule has 1 spiro atoms. The summed E-state index contributed by atoms with van der Waals surface area (Å²) in [5.74, 6) is 0.635. The van der Waals surface area contributed by atoms with Crippen LogP contribution in [0.25, 0.3) is 0 Å². The normalized spacial score (nSPS) is 21.3. The van der Waals surface area contributed by atoms with Crippen LogP contribution in [0.4, 0.5) is 5.95 Å². The van der Waals surface area contributed by atoms with Crippen LogP contribution in [0.3, 0.4) is 0 Å². The summed E-state index contributed by atoms with van der Waals surface area (Å²) in [7, 11) is 0. The standard InChI is InChI=1S/C23H29N5OS/c1-16-13-18(15-24)26-21(25-16)28-11-9-23(10-12-28)19-8-6-5-7-17(19)14-20(23)27-30(29)22(2,3)4/h5-8,13,20,27H,9-12,14H2,1-4H3/t20-,30?/m1/s1. The maximum Gasteiger partial charge on any atom is 0.226 e. The number of fused-ring (bicyclic) bond motifs is 2. The fourth-order valence-corrected chi connectivity index (χ4v) is 5.64. The summed E-state index contributed by atoms with van der Waals surface area (Å²) in [4.78, 5) is 11.2. The second-order valence-electron chi connectivity index (χ2n) is 9.36. The smallest absolute Gasteiger partial charge is 0.226 e. The maximum absolute atomic E-state index is 12.9. The van der Waals surface area contributed by atoms with Crippen molar-refractivity contribution in [2.24, 2.45) is 0 Å². The molecular weight excluding hydrogens is 394 g/mol. The molecule has 1 aliphatic heterocycles. The highest BCUT2D eigenvalue weighted by molar-refractivity contribution is 7.90. The molecule has 1 unspecified atom stereocenters. The van der Waals surface area contributed by atoms with Gasteiger partial charge in [-0.05, 0) is 64.2 Å². The minimum Gasteiger partial charge on any atom is -0.598 e. The van der Waals surface area contributed by atoms with Crippen LogP contribution in [0.2, 0.25) is 0 Å². The number of hydrogen-bond donors (Lipinski definition) is 1. The van der Waals surface area contributed by atoms with Gasteiger partial charge in [-0.1, -0.05) is 24.3 Å². The van der Waals surface area contributed by atoms with E-state index in [1.54, 1.807) is 6.07 Å². The second kappa shape index (κ2) is 7.84. The SMILES string of the molecule is Cc1cc(C#N)nc(N2CCC3(CC2)c2ccccc2C[C@H]3N[S+]([O-])C(C)(C)C)n1. The Kier molecular flexibility index (Phi) is 5.52. The lowest BCUT2D eigenvalue weighted by molar-refractivity contribution is 0.275. The Morgan fingerprint density at radius 2 is 1.93 bits per heavy atom. The predicted octanol–water partition coefficient (Wildman–Crippen LogP) is 3.17. The lowest BCUT2D eigenvalue weighted by Crippen LogP contribution is -2.56. The lowest BCUT2D eigenvalue weighted by atomic mass is 9.71. The Labute approximate surface area is 182 Å². The number of anilines is 1. The second-order valence-corrected chi connectivity index (χ2v) is 11.4. The van der Waals surface area contributed by atoms with Gasteiger partial charge in [-0.25, -0.2) is 9.97 Å². The monoisotopic (exact) mass is 423 g/mol. The Bertz CT molecular complexity index is 972. The highest BCUT2D eigenvalue weighted by Gasteiger charge is 2.51. The zero-order valence-corrected chi connectivity index (χ0v) is 18.9. The number of piperidine rings is 1. The Balaban J connectivity index is 1.60. The predicted molar refractivity (Wildman–Crippen MR) is 120 cm³/mol. The van der Waals surface area contributed by atoms with Crippen LogP contribution >= 0.6 is 0 Å². The molecule has 1 aliphatic carbocycles. The maximum atomic E-state index is 12.9. The summed E-state index contributed by atoms with van der Waals surface area (Å²) in [6.45, 7) is 9.54. The minimum absolute atomic E-state index is 0.0457. The van der Waals surface area contributed by atoms with Crippen LogP contribution in [0, 0.1) is 18.3 Å². The summed E-state index contributed by atoms with van der Waals surface area (Å²) < 4.78 is 16.1. The van der Waals surface area contributed by atoms with Crippen molar-refractivity contribution in [3.05, 3.63) is 52.8 Å². The topological polar surface area (TPSA) is 87.9 Å². The molecule has 1 fully saturated rings. The Morgan fingerprint density at radius 3 is 2.60 bits per heavy atom. The Hall–Kier alpha value is -2.14. The first-order valence-electron chi connectivity index (χ1n) is 10.5. The highest BCUT2D eigenvalue weighted by Crippen LogP contribution is 2.47.